The number of piperazine rings is 1. The van der Waals surface area contributed by atoms with Crippen LogP contribution in [0.2, 0.25) is 0 Å². The fraction of sp³-hybridized carbons (Fsp3) is 0.500. The summed E-state index contributed by atoms with van der Waals surface area (Å²) in [6, 6.07) is 5.44. The van der Waals surface area contributed by atoms with E-state index in [0.29, 0.717) is 30.2 Å². The predicted octanol–water partition coefficient (Wildman–Crippen LogP) is 4.46. The Labute approximate surface area is 203 Å². The Morgan fingerprint density at radius 1 is 1.15 bits per heavy atom. The lowest BCUT2D eigenvalue weighted by atomic mass is 9.89. The lowest BCUT2D eigenvalue weighted by Gasteiger charge is -2.36. The van der Waals surface area contributed by atoms with Gasteiger partial charge in [-0.25, -0.2) is 9.97 Å². The number of hydrogen-bond donors (Lipinski definition) is 0. The molecule has 8 heteroatoms. The molecule has 1 saturated heterocycles. The zero-order valence-electron chi connectivity index (χ0n) is 19.8. The number of nitrogens with zero attached hydrogens (tertiary/aromatic N) is 4. The Kier molecular flexibility index (Phi) is 5.56. The second-order valence-corrected chi connectivity index (χ2v) is 10.7. The lowest BCUT2D eigenvalue weighted by molar-refractivity contribution is 0.0746. The molecule has 7 nitrogen and oxygen atoms in total. The number of amides is 1. The van der Waals surface area contributed by atoms with Gasteiger partial charge in [0, 0.05) is 43.0 Å². The van der Waals surface area contributed by atoms with Gasteiger partial charge in [0.25, 0.3) is 5.91 Å². The molecule has 1 fully saturated rings. The molecule has 0 bridgehead atoms. The van der Waals surface area contributed by atoms with Gasteiger partial charge >= 0.3 is 0 Å². The summed E-state index contributed by atoms with van der Waals surface area (Å²) < 4.78 is 10.8. The van der Waals surface area contributed by atoms with Crippen molar-refractivity contribution in [2.24, 2.45) is 5.92 Å². The largest absolute Gasteiger partial charge is 0.454 e. The molecule has 0 radical (unpaired) electrons. The van der Waals surface area contributed by atoms with Gasteiger partial charge in [-0.3, -0.25) is 4.79 Å². The van der Waals surface area contributed by atoms with E-state index in [-0.39, 0.29) is 12.7 Å². The quantitative estimate of drug-likeness (QED) is 0.552. The summed E-state index contributed by atoms with van der Waals surface area (Å²) in [6.07, 6.45) is 5.42. The summed E-state index contributed by atoms with van der Waals surface area (Å²) in [5.41, 5.74) is 2.11. The van der Waals surface area contributed by atoms with Crippen LogP contribution in [0.3, 0.4) is 0 Å². The molecule has 0 saturated carbocycles. The molecule has 1 aliphatic carbocycles. The molecule has 0 N–H and O–H groups in total. The number of rotatable bonds is 4. The number of ether oxygens (including phenoxy) is 2. The lowest BCUT2D eigenvalue weighted by Crippen LogP contribution is -2.49. The first-order chi connectivity index (χ1) is 16.6. The van der Waals surface area contributed by atoms with Crippen LogP contribution >= 0.6 is 11.3 Å². The molecule has 1 amide bonds. The third kappa shape index (κ3) is 3.78. The maximum Gasteiger partial charge on any atom is 0.254 e. The fourth-order valence-corrected chi connectivity index (χ4v) is 6.66. The van der Waals surface area contributed by atoms with Crippen LogP contribution in [0.25, 0.3) is 10.2 Å². The first-order valence-electron chi connectivity index (χ1n) is 12.4. The van der Waals surface area contributed by atoms with E-state index in [1.54, 1.807) is 6.07 Å². The maximum absolute atomic E-state index is 13.2. The minimum absolute atomic E-state index is 0.0411. The van der Waals surface area contributed by atoms with Gasteiger partial charge in [-0.15, -0.1) is 11.3 Å². The summed E-state index contributed by atoms with van der Waals surface area (Å²) in [5, 5.41) is 1.27. The van der Waals surface area contributed by atoms with E-state index in [0.717, 1.165) is 61.2 Å². The van der Waals surface area contributed by atoms with Gasteiger partial charge in [0.1, 0.15) is 16.5 Å². The third-order valence-electron chi connectivity index (χ3n) is 7.14. The SMILES string of the molecule is CCCc1nc(N2CCN(C(=O)c3ccc4c(c3)OCO4)CC2)c2c3c(sc2n1)CC(C)CC3. The van der Waals surface area contributed by atoms with Crippen LogP contribution in [0, 0.1) is 5.92 Å². The Hall–Kier alpha value is -2.87. The van der Waals surface area contributed by atoms with Crippen molar-refractivity contribution in [3.05, 3.63) is 40.0 Å². The fourth-order valence-electron chi connectivity index (χ4n) is 5.26. The van der Waals surface area contributed by atoms with Crippen LogP contribution < -0.4 is 14.4 Å². The van der Waals surface area contributed by atoms with Gasteiger partial charge in [-0.1, -0.05) is 13.8 Å². The van der Waals surface area contributed by atoms with Crippen molar-refractivity contribution in [3.8, 4) is 11.5 Å². The highest BCUT2D eigenvalue weighted by atomic mass is 32.1. The van der Waals surface area contributed by atoms with Crippen molar-refractivity contribution in [1.29, 1.82) is 0 Å². The van der Waals surface area contributed by atoms with E-state index in [4.69, 9.17) is 19.4 Å². The van der Waals surface area contributed by atoms with E-state index in [1.165, 1.54) is 22.2 Å². The molecule has 0 spiro atoms. The van der Waals surface area contributed by atoms with Crippen molar-refractivity contribution in [2.45, 2.75) is 46.0 Å². The highest BCUT2D eigenvalue weighted by molar-refractivity contribution is 7.19. The molecule has 3 aromatic rings. The highest BCUT2D eigenvalue weighted by Crippen LogP contribution is 2.41. The predicted molar refractivity (Wildman–Crippen MR) is 133 cm³/mol. The Bertz CT molecular complexity index is 1250. The van der Waals surface area contributed by atoms with Crippen LogP contribution in [0.4, 0.5) is 5.82 Å². The molecule has 178 valence electrons. The zero-order valence-corrected chi connectivity index (χ0v) is 20.6. The number of aromatic nitrogens is 2. The summed E-state index contributed by atoms with van der Waals surface area (Å²) >= 11 is 1.87. The van der Waals surface area contributed by atoms with Crippen LogP contribution in [0.5, 0.6) is 11.5 Å². The molecular formula is C26H30N4O3S. The number of aryl methyl sites for hydroxylation is 2. The number of carbonyl (C=O) groups excluding carboxylic acids is 1. The summed E-state index contributed by atoms with van der Waals surface area (Å²) in [7, 11) is 0. The molecule has 2 aliphatic heterocycles. The van der Waals surface area contributed by atoms with Crippen molar-refractivity contribution >= 4 is 33.3 Å². The van der Waals surface area contributed by atoms with E-state index in [1.807, 2.05) is 28.4 Å². The van der Waals surface area contributed by atoms with E-state index in [2.05, 4.69) is 18.7 Å². The van der Waals surface area contributed by atoms with Crippen molar-refractivity contribution in [1.82, 2.24) is 14.9 Å². The van der Waals surface area contributed by atoms with Crippen molar-refractivity contribution in [3.63, 3.8) is 0 Å². The number of carbonyl (C=O) groups is 1. The van der Waals surface area contributed by atoms with Gasteiger partial charge in [-0.05, 0) is 55.4 Å². The molecule has 1 atom stereocenters. The van der Waals surface area contributed by atoms with Crippen molar-refractivity contribution in [2.75, 3.05) is 37.9 Å². The normalized spacial score (nSPS) is 19.5. The molecule has 34 heavy (non-hydrogen) atoms. The molecule has 4 heterocycles. The second kappa shape index (κ2) is 8.73. The Balaban J connectivity index is 1.26. The monoisotopic (exact) mass is 478 g/mol. The standard InChI is InChI=1S/C26H30N4O3S/c1-3-4-22-27-24(23-18-7-5-16(2)13-21(18)34-25(23)28-22)29-9-11-30(12-10-29)26(31)17-6-8-19-20(14-17)33-15-32-19/h6,8,14,16H,3-5,7,9-13,15H2,1-2H3. The third-order valence-corrected chi connectivity index (χ3v) is 8.29. The molecule has 1 unspecified atom stereocenters. The maximum atomic E-state index is 13.2. The number of thiophene rings is 1. The van der Waals surface area contributed by atoms with Gasteiger partial charge in [-0.2, -0.15) is 0 Å². The van der Waals surface area contributed by atoms with Crippen LogP contribution in [-0.4, -0.2) is 53.7 Å². The van der Waals surface area contributed by atoms with E-state index in [9.17, 15) is 4.79 Å². The molecule has 6 rings (SSSR count). The van der Waals surface area contributed by atoms with Crippen LogP contribution in [-0.2, 0) is 19.3 Å². The number of hydrogen-bond acceptors (Lipinski definition) is 7. The minimum Gasteiger partial charge on any atom is -0.454 e. The van der Waals surface area contributed by atoms with Crippen LogP contribution in [0.1, 0.15) is 53.3 Å². The number of anilines is 1. The number of fused-ring (bicyclic) bond motifs is 4. The smallest absolute Gasteiger partial charge is 0.254 e. The number of benzene rings is 1. The summed E-state index contributed by atoms with van der Waals surface area (Å²) in [4.78, 5) is 30.1. The van der Waals surface area contributed by atoms with Gasteiger partial charge in [0.2, 0.25) is 6.79 Å². The van der Waals surface area contributed by atoms with E-state index < -0.39 is 0 Å². The average molecular weight is 479 g/mol. The van der Waals surface area contributed by atoms with Crippen molar-refractivity contribution < 1.29 is 14.3 Å². The highest BCUT2D eigenvalue weighted by Gasteiger charge is 2.29. The van der Waals surface area contributed by atoms with Crippen LogP contribution in [0.15, 0.2) is 18.2 Å². The molecular weight excluding hydrogens is 448 g/mol. The van der Waals surface area contributed by atoms with Gasteiger partial charge < -0.3 is 19.3 Å². The van der Waals surface area contributed by atoms with Gasteiger partial charge in [0.05, 0.1) is 5.39 Å². The Morgan fingerprint density at radius 2 is 1.97 bits per heavy atom. The second-order valence-electron chi connectivity index (χ2n) is 9.59. The Morgan fingerprint density at radius 3 is 2.79 bits per heavy atom. The first-order valence-corrected chi connectivity index (χ1v) is 13.2. The topological polar surface area (TPSA) is 67.8 Å². The molecule has 3 aliphatic rings. The minimum atomic E-state index is 0.0411. The molecule has 2 aromatic heterocycles. The van der Waals surface area contributed by atoms with E-state index >= 15 is 0 Å². The first kappa shape index (κ1) is 21.6. The molecule has 1 aromatic carbocycles. The average Bonchev–Trinajstić information content (AvgIpc) is 3.46. The summed E-state index contributed by atoms with van der Waals surface area (Å²) in [5.74, 6) is 4.14. The van der Waals surface area contributed by atoms with Gasteiger partial charge in [0.15, 0.2) is 11.5 Å². The zero-order chi connectivity index (χ0) is 23.2. The summed E-state index contributed by atoms with van der Waals surface area (Å²) in [6.45, 7) is 7.62.